The van der Waals surface area contributed by atoms with Gasteiger partial charge in [-0.1, -0.05) is 37.8 Å². The number of imidazole rings is 1. The fourth-order valence-electron chi connectivity index (χ4n) is 5.48. The zero-order valence-corrected chi connectivity index (χ0v) is 33.8. The number of hydrogen-bond donors (Lipinski definition) is 2. The molecule has 2 N–H and O–H groups in total. The van der Waals surface area contributed by atoms with Crippen molar-refractivity contribution in [3.05, 3.63) is 70.5 Å². The van der Waals surface area contributed by atoms with Crippen LogP contribution in [0.2, 0.25) is 25.7 Å². The molecule has 0 fully saturated rings. The summed E-state index contributed by atoms with van der Waals surface area (Å²) in [6.07, 6.45) is -0.549. The van der Waals surface area contributed by atoms with Gasteiger partial charge in [0.05, 0.1) is 29.0 Å². The molecule has 288 valence electrons. The van der Waals surface area contributed by atoms with Crippen LogP contribution in [0.25, 0.3) is 27.8 Å². The summed E-state index contributed by atoms with van der Waals surface area (Å²) in [7, 11) is -1.38. The van der Waals surface area contributed by atoms with Gasteiger partial charge in [0.1, 0.15) is 29.5 Å². The molecular weight excluding hydrogens is 709 g/mol. The van der Waals surface area contributed by atoms with Gasteiger partial charge in [0, 0.05) is 20.7 Å². The van der Waals surface area contributed by atoms with E-state index in [1.54, 1.807) is 77.6 Å². The van der Waals surface area contributed by atoms with Crippen LogP contribution >= 0.6 is 0 Å². The normalized spacial score (nSPS) is 12.9. The SMILES string of the molecule is Cc1cccc2nc(C(C)Nc3nc(N(C(=O)OC(C)(C)C)C(=O)OC(C)(C)C)nc4c3ncn4COCC[Si](C)(C)C)n(-c3cccc(O)c3)c(=O)c12. The number of aromatic hydroxyl groups is 1. The molecule has 16 heteroatoms. The lowest BCUT2D eigenvalue weighted by Crippen LogP contribution is -2.44. The third-order valence-corrected chi connectivity index (χ3v) is 9.70. The molecule has 5 aromatic rings. The second-order valence-corrected chi connectivity index (χ2v) is 22.0. The summed E-state index contributed by atoms with van der Waals surface area (Å²) in [4.78, 5) is 61.1. The molecule has 3 heterocycles. The summed E-state index contributed by atoms with van der Waals surface area (Å²) >= 11 is 0. The van der Waals surface area contributed by atoms with Crippen LogP contribution < -0.4 is 15.8 Å². The molecule has 3 aromatic heterocycles. The molecule has 0 radical (unpaired) electrons. The second-order valence-electron chi connectivity index (χ2n) is 16.4. The van der Waals surface area contributed by atoms with E-state index in [0.29, 0.717) is 39.4 Å². The van der Waals surface area contributed by atoms with E-state index >= 15 is 0 Å². The molecule has 0 aliphatic rings. The molecule has 15 nitrogen and oxygen atoms in total. The van der Waals surface area contributed by atoms with Gasteiger partial charge in [-0.25, -0.2) is 19.6 Å². The number of imide groups is 1. The van der Waals surface area contributed by atoms with E-state index in [-0.39, 0.29) is 35.5 Å². The van der Waals surface area contributed by atoms with Gasteiger partial charge in [-0.05, 0) is 85.2 Å². The standard InChI is InChI=1S/C38H50N8O7Si/c1-23-14-12-17-27-28(23)33(48)45(25-15-13-16-26(47)20-25)31(41-27)24(2)40-30-29-32(44(21-39-29)22-51-18-19-54(9,10)11)43-34(42-30)46(35(49)52-37(3,4)5)36(50)53-38(6,7)8/h12-17,20-21,24,47H,18-19,22H2,1-11H3,(H,40,42,43). The summed E-state index contributed by atoms with van der Waals surface area (Å²) in [5.74, 6) is 0.0563. The Morgan fingerprint density at radius 1 is 0.963 bits per heavy atom. The van der Waals surface area contributed by atoms with Gasteiger partial charge in [-0.2, -0.15) is 9.97 Å². The first-order chi connectivity index (χ1) is 25.1. The van der Waals surface area contributed by atoms with Crippen molar-refractivity contribution in [1.29, 1.82) is 0 Å². The molecule has 2 aromatic carbocycles. The van der Waals surface area contributed by atoms with Gasteiger partial charge in [-0.3, -0.25) is 13.9 Å². The molecule has 1 unspecified atom stereocenters. The Morgan fingerprint density at radius 2 is 1.61 bits per heavy atom. The average Bonchev–Trinajstić information content (AvgIpc) is 3.44. The Bertz CT molecular complexity index is 2220. The number of carbonyl (C=O) groups excluding carboxylic acids is 2. The quantitative estimate of drug-likeness (QED) is 0.105. The van der Waals surface area contributed by atoms with Crippen LogP contribution in [0.5, 0.6) is 5.75 Å². The van der Waals surface area contributed by atoms with Crippen molar-refractivity contribution in [3.8, 4) is 11.4 Å². The van der Waals surface area contributed by atoms with Gasteiger partial charge < -0.3 is 24.6 Å². The molecule has 54 heavy (non-hydrogen) atoms. The van der Waals surface area contributed by atoms with Gasteiger partial charge in [0.15, 0.2) is 17.0 Å². The average molecular weight is 759 g/mol. The van der Waals surface area contributed by atoms with Crippen LogP contribution in [-0.2, 0) is 20.9 Å². The summed E-state index contributed by atoms with van der Waals surface area (Å²) in [6, 6.07) is 12.0. The van der Waals surface area contributed by atoms with Gasteiger partial charge in [-0.15, -0.1) is 4.90 Å². The van der Waals surface area contributed by atoms with Crippen LogP contribution in [0.4, 0.5) is 21.4 Å². The fourth-order valence-corrected chi connectivity index (χ4v) is 6.23. The van der Waals surface area contributed by atoms with Crippen molar-refractivity contribution in [2.45, 2.75) is 105 Å². The number of nitrogens with zero attached hydrogens (tertiary/aromatic N) is 7. The van der Waals surface area contributed by atoms with Crippen LogP contribution in [0.15, 0.2) is 53.6 Å². The molecule has 2 amide bonds. The second kappa shape index (κ2) is 15.2. The lowest BCUT2D eigenvalue weighted by atomic mass is 10.1. The molecule has 0 saturated carbocycles. The van der Waals surface area contributed by atoms with Gasteiger partial charge >= 0.3 is 12.2 Å². The van der Waals surface area contributed by atoms with E-state index in [2.05, 4.69) is 39.9 Å². The number of ether oxygens (including phenoxy) is 3. The van der Waals surface area contributed by atoms with Crippen LogP contribution in [0.3, 0.4) is 0 Å². The minimum atomic E-state index is -1.38. The summed E-state index contributed by atoms with van der Waals surface area (Å²) in [5.41, 5.74) is -0.0955. The van der Waals surface area contributed by atoms with Crippen LogP contribution in [-0.4, -0.2) is 72.2 Å². The molecule has 0 spiro atoms. The highest BCUT2D eigenvalue weighted by atomic mass is 28.3. The van der Waals surface area contributed by atoms with Crippen molar-refractivity contribution in [2.24, 2.45) is 0 Å². The number of fused-ring (bicyclic) bond motifs is 2. The number of phenolic OH excluding ortho intramolecular Hbond substituents is 1. The maximum Gasteiger partial charge on any atom is 0.427 e. The van der Waals surface area contributed by atoms with Crippen LogP contribution in [0.1, 0.15) is 65.9 Å². The Balaban J connectivity index is 1.68. The number of benzene rings is 2. The smallest absolute Gasteiger partial charge is 0.427 e. The van der Waals surface area contributed by atoms with Crippen molar-refractivity contribution in [3.63, 3.8) is 0 Å². The lowest BCUT2D eigenvalue weighted by molar-refractivity contribution is 0.0427. The van der Waals surface area contributed by atoms with E-state index in [4.69, 9.17) is 19.2 Å². The van der Waals surface area contributed by atoms with E-state index in [1.165, 1.54) is 16.7 Å². The number of anilines is 2. The third-order valence-electron chi connectivity index (χ3n) is 7.99. The van der Waals surface area contributed by atoms with E-state index < -0.39 is 37.5 Å². The fraction of sp³-hybridized carbons (Fsp3) is 0.447. The van der Waals surface area contributed by atoms with E-state index in [9.17, 15) is 19.5 Å². The minimum Gasteiger partial charge on any atom is -0.508 e. The Kier molecular flexibility index (Phi) is 11.2. The number of carbonyl (C=O) groups is 2. The van der Waals surface area contributed by atoms with Crippen LogP contribution in [0, 0.1) is 6.92 Å². The highest BCUT2D eigenvalue weighted by Gasteiger charge is 2.36. The highest BCUT2D eigenvalue weighted by molar-refractivity contribution is 6.76. The zero-order valence-electron chi connectivity index (χ0n) is 32.8. The maximum atomic E-state index is 14.2. The monoisotopic (exact) mass is 758 g/mol. The maximum absolute atomic E-state index is 14.2. The molecule has 0 aliphatic heterocycles. The van der Waals surface area contributed by atoms with Gasteiger partial charge in [0.25, 0.3) is 5.56 Å². The number of amides is 2. The predicted octanol–water partition coefficient (Wildman–Crippen LogP) is 7.70. The number of hydrogen-bond acceptors (Lipinski definition) is 12. The molecule has 1 atom stereocenters. The number of nitrogens with one attached hydrogen (secondary N) is 1. The first kappa shape index (κ1) is 39.8. The zero-order chi connectivity index (χ0) is 39.7. The number of aromatic nitrogens is 6. The number of aryl methyl sites for hydroxylation is 1. The molecular formula is C38H50N8O7Si. The van der Waals surface area contributed by atoms with Crippen molar-refractivity contribution >= 4 is 54.1 Å². The van der Waals surface area contributed by atoms with Gasteiger partial charge in [0.2, 0.25) is 5.95 Å². The topological polar surface area (TPSA) is 176 Å². The predicted molar refractivity (Wildman–Crippen MR) is 210 cm³/mol. The number of phenols is 1. The van der Waals surface area contributed by atoms with E-state index in [0.717, 1.165) is 11.6 Å². The molecule has 0 aliphatic carbocycles. The lowest BCUT2D eigenvalue weighted by Gasteiger charge is -2.28. The van der Waals surface area contributed by atoms with Crippen molar-refractivity contribution in [1.82, 2.24) is 29.1 Å². The molecule has 0 saturated heterocycles. The Morgan fingerprint density at radius 3 is 2.22 bits per heavy atom. The van der Waals surface area contributed by atoms with Crippen molar-refractivity contribution < 1.29 is 28.9 Å². The summed E-state index contributed by atoms with van der Waals surface area (Å²) in [5, 5.41) is 14.1. The number of rotatable bonds is 10. The minimum absolute atomic E-state index is 0.0278. The summed E-state index contributed by atoms with van der Waals surface area (Å²) < 4.78 is 20.4. The highest BCUT2D eigenvalue weighted by Crippen LogP contribution is 2.30. The largest absolute Gasteiger partial charge is 0.508 e. The first-order valence-corrected chi connectivity index (χ1v) is 21.5. The Labute approximate surface area is 315 Å². The first-order valence-electron chi connectivity index (χ1n) is 17.8. The third kappa shape index (κ3) is 9.41. The van der Waals surface area contributed by atoms with Crippen molar-refractivity contribution in [2.75, 3.05) is 16.8 Å². The summed E-state index contributed by atoms with van der Waals surface area (Å²) in [6.45, 7) is 21.1. The Hall–Kier alpha value is -5.35. The molecule has 5 rings (SSSR count). The molecule has 0 bridgehead atoms. The van der Waals surface area contributed by atoms with E-state index in [1.807, 2.05) is 19.1 Å².